The van der Waals surface area contributed by atoms with Crippen LogP contribution in [0.5, 0.6) is 0 Å². The SMILES string of the molecule is COC(=O)c1cc(Cl)ccc1NC(=O)C1(C)CCNCC1. The first kappa shape index (κ1) is 15.8. The number of rotatable bonds is 3. The van der Waals surface area contributed by atoms with E-state index in [0.717, 1.165) is 25.9 Å². The first-order valence-corrected chi connectivity index (χ1v) is 7.24. The number of esters is 1. The van der Waals surface area contributed by atoms with Gasteiger partial charge in [-0.1, -0.05) is 18.5 Å². The van der Waals surface area contributed by atoms with Gasteiger partial charge in [0.25, 0.3) is 0 Å². The molecule has 0 aromatic heterocycles. The number of anilines is 1. The van der Waals surface area contributed by atoms with Crippen LogP contribution in [0.4, 0.5) is 5.69 Å². The summed E-state index contributed by atoms with van der Waals surface area (Å²) in [5, 5.41) is 6.49. The predicted octanol–water partition coefficient (Wildman–Crippen LogP) is 2.45. The molecule has 2 rings (SSSR count). The van der Waals surface area contributed by atoms with Crippen LogP contribution in [0, 0.1) is 5.41 Å². The Morgan fingerprint density at radius 1 is 1.33 bits per heavy atom. The van der Waals surface area contributed by atoms with Crippen molar-refractivity contribution in [2.45, 2.75) is 19.8 Å². The molecule has 0 bridgehead atoms. The number of nitrogens with one attached hydrogen (secondary N) is 2. The van der Waals surface area contributed by atoms with Gasteiger partial charge in [0.15, 0.2) is 0 Å². The molecule has 0 unspecified atom stereocenters. The fraction of sp³-hybridized carbons (Fsp3) is 0.467. The van der Waals surface area contributed by atoms with Gasteiger partial charge in [-0.15, -0.1) is 0 Å². The molecule has 0 spiro atoms. The van der Waals surface area contributed by atoms with Crippen molar-refractivity contribution in [3.8, 4) is 0 Å². The van der Waals surface area contributed by atoms with Crippen molar-refractivity contribution >= 4 is 29.2 Å². The van der Waals surface area contributed by atoms with Crippen molar-refractivity contribution in [3.63, 3.8) is 0 Å². The monoisotopic (exact) mass is 310 g/mol. The zero-order valence-electron chi connectivity index (χ0n) is 12.2. The molecule has 1 aromatic rings. The van der Waals surface area contributed by atoms with Crippen molar-refractivity contribution in [1.82, 2.24) is 5.32 Å². The van der Waals surface area contributed by atoms with E-state index in [1.807, 2.05) is 6.92 Å². The molecule has 1 saturated heterocycles. The molecule has 0 radical (unpaired) electrons. The van der Waals surface area contributed by atoms with Crippen molar-refractivity contribution in [2.75, 3.05) is 25.5 Å². The van der Waals surface area contributed by atoms with E-state index in [-0.39, 0.29) is 11.5 Å². The summed E-state index contributed by atoms with van der Waals surface area (Å²) in [4.78, 5) is 24.3. The molecule has 1 fully saturated rings. The minimum atomic E-state index is -0.525. The molecule has 1 heterocycles. The van der Waals surface area contributed by atoms with Gasteiger partial charge in [0.1, 0.15) is 0 Å². The summed E-state index contributed by atoms with van der Waals surface area (Å²) >= 11 is 5.90. The number of hydrogen-bond acceptors (Lipinski definition) is 4. The summed E-state index contributed by atoms with van der Waals surface area (Å²) in [5.74, 6) is -0.611. The first-order valence-electron chi connectivity index (χ1n) is 6.86. The van der Waals surface area contributed by atoms with E-state index in [0.29, 0.717) is 10.7 Å². The lowest BCUT2D eigenvalue weighted by Crippen LogP contribution is -2.43. The van der Waals surface area contributed by atoms with E-state index in [2.05, 4.69) is 10.6 Å². The van der Waals surface area contributed by atoms with Crippen LogP contribution in [0.15, 0.2) is 18.2 Å². The number of carbonyl (C=O) groups excluding carboxylic acids is 2. The van der Waals surface area contributed by atoms with Gasteiger partial charge in [-0.3, -0.25) is 4.79 Å². The van der Waals surface area contributed by atoms with E-state index in [4.69, 9.17) is 16.3 Å². The van der Waals surface area contributed by atoms with Crippen LogP contribution >= 0.6 is 11.6 Å². The van der Waals surface area contributed by atoms with E-state index >= 15 is 0 Å². The Morgan fingerprint density at radius 2 is 2.00 bits per heavy atom. The lowest BCUT2D eigenvalue weighted by molar-refractivity contribution is -0.126. The fourth-order valence-electron chi connectivity index (χ4n) is 2.38. The largest absolute Gasteiger partial charge is 0.465 e. The van der Waals surface area contributed by atoms with Crippen molar-refractivity contribution in [3.05, 3.63) is 28.8 Å². The third-order valence-electron chi connectivity index (χ3n) is 3.89. The summed E-state index contributed by atoms with van der Waals surface area (Å²) in [6, 6.07) is 4.75. The van der Waals surface area contributed by atoms with Crippen molar-refractivity contribution in [2.24, 2.45) is 5.41 Å². The number of halogens is 1. The third kappa shape index (κ3) is 3.54. The first-order chi connectivity index (χ1) is 9.96. The molecule has 114 valence electrons. The molecule has 1 amide bonds. The highest BCUT2D eigenvalue weighted by molar-refractivity contribution is 6.31. The molecule has 1 aliphatic heterocycles. The van der Waals surface area contributed by atoms with E-state index < -0.39 is 11.4 Å². The molecular weight excluding hydrogens is 292 g/mol. The summed E-state index contributed by atoms with van der Waals surface area (Å²) in [6.45, 7) is 3.57. The second-order valence-corrected chi connectivity index (χ2v) is 5.88. The topological polar surface area (TPSA) is 67.4 Å². The Kier molecular flexibility index (Phi) is 4.85. The molecule has 1 aliphatic rings. The number of amides is 1. The number of methoxy groups -OCH3 is 1. The van der Waals surface area contributed by atoms with Gasteiger partial charge >= 0.3 is 5.97 Å². The van der Waals surface area contributed by atoms with Gasteiger partial charge in [-0.05, 0) is 44.1 Å². The second-order valence-electron chi connectivity index (χ2n) is 5.45. The zero-order valence-corrected chi connectivity index (χ0v) is 12.9. The molecule has 0 saturated carbocycles. The van der Waals surface area contributed by atoms with Gasteiger partial charge in [-0.25, -0.2) is 4.79 Å². The van der Waals surface area contributed by atoms with Crippen LogP contribution in [-0.2, 0) is 9.53 Å². The molecule has 2 N–H and O–H groups in total. The normalized spacial score (nSPS) is 17.1. The smallest absolute Gasteiger partial charge is 0.340 e. The summed E-state index contributed by atoms with van der Waals surface area (Å²) in [7, 11) is 1.29. The van der Waals surface area contributed by atoms with Gasteiger partial charge < -0.3 is 15.4 Å². The van der Waals surface area contributed by atoms with Crippen LogP contribution in [0.3, 0.4) is 0 Å². The molecular formula is C15H19ClN2O3. The molecule has 5 nitrogen and oxygen atoms in total. The van der Waals surface area contributed by atoms with E-state index in [9.17, 15) is 9.59 Å². The summed E-state index contributed by atoms with van der Waals surface area (Å²) < 4.78 is 4.73. The van der Waals surface area contributed by atoms with Crippen LogP contribution in [0.2, 0.25) is 5.02 Å². The van der Waals surface area contributed by atoms with Gasteiger partial charge in [0.05, 0.1) is 18.4 Å². The maximum atomic E-state index is 12.5. The number of piperidine rings is 1. The average molecular weight is 311 g/mol. The maximum Gasteiger partial charge on any atom is 0.340 e. The average Bonchev–Trinajstić information content (AvgIpc) is 2.49. The van der Waals surface area contributed by atoms with E-state index in [1.165, 1.54) is 13.2 Å². The maximum absolute atomic E-state index is 12.5. The molecule has 1 aromatic carbocycles. The van der Waals surface area contributed by atoms with Crippen molar-refractivity contribution in [1.29, 1.82) is 0 Å². The summed E-state index contributed by atoms with van der Waals surface area (Å²) in [6.07, 6.45) is 1.53. The Hall–Kier alpha value is -1.59. The van der Waals surface area contributed by atoms with Crippen LogP contribution in [-0.4, -0.2) is 32.1 Å². The highest BCUT2D eigenvalue weighted by atomic mass is 35.5. The molecule has 6 heteroatoms. The van der Waals surface area contributed by atoms with Gasteiger partial charge in [-0.2, -0.15) is 0 Å². The van der Waals surface area contributed by atoms with Gasteiger partial charge in [0.2, 0.25) is 5.91 Å². The second kappa shape index (κ2) is 6.45. The molecule has 0 atom stereocenters. The fourth-order valence-corrected chi connectivity index (χ4v) is 2.56. The highest BCUT2D eigenvalue weighted by Crippen LogP contribution is 2.31. The Labute approximate surface area is 129 Å². The highest BCUT2D eigenvalue weighted by Gasteiger charge is 2.35. The minimum Gasteiger partial charge on any atom is -0.465 e. The number of hydrogen-bond donors (Lipinski definition) is 2. The van der Waals surface area contributed by atoms with Crippen LogP contribution in [0.25, 0.3) is 0 Å². The number of carbonyl (C=O) groups is 2. The number of benzene rings is 1. The Balaban J connectivity index is 2.22. The lowest BCUT2D eigenvalue weighted by Gasteiger charge is -2.32. The quantitative estimate of drug-likeness (QED) is 0.842. The molecule has 21 heavy (non-hydrogen) atoms. The Morgan fingerprint density at radius 3 is 2.62 bits per heavy atom. The van der Waals surface area contributed by atoms with Crippen molar-refractivity contribution < 1.29 is 14.3 Å². The van der Waals surface area contributed by atoms with Gasteiger partial charge in [0, 0.05) is 10.4 Å². The third-order valence-corrected chi connectivity index (χ3v) is 4.13. The van der Waals surface area contributed by atoms with Crippen LogP contribution < -0.4 is 10.6 Å². The zero-order chi connectivity index (χ0) is 15.5. The van der Waals surface area contributed by atoms with E-state index in [1.54, 1.807) is 12.1 Å². The standard InChI is InChI=1S/C15H19ClN2O3/c1-15(5-7-17-8-6-15)14(20)18-12-4-3-10(16)9-11(12)13(19)21-2/h3-4,9,17H,5-8H2,1-2H3,(H,18,20). The minimum absolute atomic E-state index is 0.0866. The Bertz CT molecular complexity index is 554. The summed E-state index contributed by atoms with van der Waals surface area (Å²) in [5.41, 5.74) is 0.255. The molecule has 0 aliphatic carbocycles. The predicted molar refractivity (Wildman–Crippen MR) is 81.6 cm³/mol. The van der Waals surface area contributed by atoms with Crippen LogP contribution in [0.1, 0.15) is 30.1 Å². The number of ether oxygens (including phenoxy) is 1. The lowest BCUT2D eigenvalue weighted by atomic mass is 9.80.